The molecule has 234 valence electrons. The second kappa shape index (κ2) is 11.5. The van der Waals surface area contributed by atoms with Gasteiger partial charge in [-0.3, -0.25) is 0 Å². The van der Waals surface area contributed by atoms with Crippen LogP contribution in [0.3, 0.4) is 0 Å². The van der Waals surface area contributed by atoms with E-state index in [1.54, 1.807) is 0 Å². The predicted molar refractivity (Wildman–Crippen MR) is 211 cm³/mol. The van der Waals surface area contributed by atoms with Gasteiger partial charge in [0.15, 0.2) is 0 Å². The SMILES string of the molecule is c1ccc(-c2cccc(-c3ccccc3)c2-n2c3ccccc3c3cccc(-c4ccc5c6ccccc6n(-c6ccccc6)c5c4)c32)cc1. The minimum absolute atomic E-state index is 1.16. The van der Waals surface area contributed by atoms with E-state index in [9.17, 15) is 0 Å². The summed E-state index contributed by atoms with van der Waals surface area (Å²) in [5.41, 5.74) is 14.3. The van der Waals surface area contributed by atoms with E-state index in [-0.39, 0.29) is 0 Å². The minimum Gasteiger partial charge on any atom is -0.309 e. The maximum absolute atomic E-state index is 2.53. The maximum atomic E-state index is 2.53. The van der Waals surface area contributed by atoms with Gasteiger partial charge in [-0.15, -0.1) is 0 Å². The van der Waals surface area contributed by atoms with Crippen molar-refractivity contribution in [3.63, 3.8) is 0 Å². The summed E-state index contributed by atoms with van der Waals surface area (Å²) in [6.07, 6.45) is 0. The Bertz CT molecular complexity index is 2780. The van der Waals surface area contributed by atoms with E-state index in [4.69, 9.17) is 0 Å². The molecule has 2 heterocycles. The molecule has 0 fully saturated rings. The second-order valence-corrected chi connectivity index (χ2v) is 12.9. The highest BCUT2D eigenvalue weighted by atomic mass is 15.0. The minimum atomic E-state index is 1.16. The lowest BCUT2D eigenvalue weighted by Crippen LogP contribution is -2.01. The summed E-state index contributed by atoms with van der Waals surface area (Å²) < 4.78 is 4.93. The molecule has 2 nitrogen and oxygen atoms in total. The summed E-state index contributed by atoms with van der Waals surface area (Å²) >= 11 is 0. The molecule has 0 bridgehead atoms. The normalized spacial score (nSPS) is 11.6. The number of hydrogen-bond donors (Lipinski definition) is 0. The van der Waals surface area contributed by atoms with Crippen molar-refractivity contribution in [2.45, 2.75) is 0 Å². The number of rotatable bonds is 5. The number of nitrogens with zero attached hydrogens (tertiary/aromatic N) is 2. The fourth-order valence-corrected chi connectivity index (χ4v) is 7.96. The van der Waals surface area contributed by atoms with Crippen LogP contribution in [0.5, 0.6) is 0 Å². The molecule has 0 amide bonds. The molecule has 8 aromatic carbocycles. The number of aromatic nitrogens is 2. The van der Waals surface area contributed by atoms with Gasteiger partial charge in [0, 0.05) is 43.9 Å². The summed E-state index contributed by atoms with van der Waals surface area (Å²) in [6.45, 7) is 0. The lowest BCUT2D eigenvalue weighted by molar-refractivity contribution is 1.18. The van der Waals surface area contributed by atoms with Crippen molar-refractivity contribution in [3.8, 4) is 44.8 Å². The van der Waals surface area contributed by atoms with Crippen molar-refractivity contribution in [1.82, 2.24) is 9.13 Å². The van der Waals surface area contributed by atoms with Crippen LogP contribution in [0.4, 0.5) is 0 Å². The molecule has 0 saturated carbocycles. The van der Waals surface area contributed by atoms with Crippen molar-refractivity contribution < 1.29 is 0 Å². The molecule has 0 aliphatic carbocycles. The first-order valence-corrected chi connectivity index (χ1v) is 17.2. The van der Waals surface area contributed by atoms with E-state index in [0.717, 1.165) is 5.69 Å². The van der Waals surface area contributed by atoms with Crippen LogP contribution in [0.25, 0.3) is 88.4 Å². The van der Waals surface area contributed by atoms with E-state index in [0.29, 0.717) is 0 Å². The summed E-state index contributed by atoms with van der Waals surface area (Å²) in [7, 11) is 0. The third-order valence-corrected chi connectivity index (χ3v) is 10.1. The average molecular weight is 637 g/mol. The topological polar surface area (TPSA) is 9.86 Å². The first-order chi connectivity index (χ1) is 24.8. The van der Waals surface area contributed by atoms with Crippen LogP contribution in [0.15, 0.2) is 194 Å². The lowest BCUT2D eigenvalue weighted by atomic mass is 9.95. The van der Waals surface area contributed by atoms with Gasteiger partial charge < -0.3 is 9.13 Å². The Kier molecular flexibility index (Phi) is 6.53. The average Bonchev–Trinajstić information content (AvgIpc) is 3.71. The molecule has 10 rings (SSSR count). The fourth-order valence-electron chi connectivity index (χ4n) is 7.96. The van der Waals surface area contributed by atoms with Gasteiger partial charge >= 0.3 is 0 Å². The van der Waals surface area contributed by atoms with E-state index in [2.05, 4.69) is 203 Å². The van der Waals surface area contributed by atoms with E-state index in [1.807, 2.05) is 0 Å². The summed E-state index contributed by atoms with van der Waals surface area (Å²) in [4.78, 5) is 0. The van der Waals surface area contributed by atoms with Gasteiger partial charge in [0.05, 0.1) is 27.8 Å². The highest BCUT2D eigenvalue weighted by Gasteiger charge is 2.22. The largest absolute Gasteiger partial charge is 0.309 e. The Morgan fingerprint density at radius 1 is 0.280 bits per heavy atom. The zero-order valence-corrected chi connectivity index (χ0v) is 27.4. The van der Waals surface area contributed by atoms with E-state index < -0.39 is 0 Å². The standard InChI is InChI=1S/C48H32N2/c1-4-16-33(17-5-1)37-24-14-25-38(34-18-6-2-7-19-34)47(37)50-45-29-13-11-23-41(45)43-27-15-26-39(48(43)50)35-30-31-42-40-22-10-12-28-44(40)49(46(42)32-35)36-20-8-3-9-21-36/h1-32H. The Hall–Kier alpha value is -6.64. The number of benzene rings is 8. The van der Waals surface area contributed by atoms with Crippen molar-refractivity contribution in [2.24, 2.45) is 0 Å². The molecule has 0 aliphatic rings. The predicted octanol–water partition coefficient (Wildman–Crippen LogP) is 12.9. The van der Waals surface area contributed by atoms with Crippen LogP contribution in [0.1, 0.15) is 0 Å². The lowest BCUT2D eigenvalue weighted by Gasteiger charge is -2.20. The fraction of sp³-hybridized carbons (Fsp3) is 0. The van der Waals surface area contributed by atoms with Gasteiger partial charge in [-0.25, -0.2) is 0 Å². The molecule has 0 radical (unpaired) electrons. The number of hydrogen-bond acceptors (Lipinski definition) is 0. The number of para-hydroxylation sites is 5. The third-order valence-electron chi connectivity index (χ3n) is 10.1. The van der Waals surface area contributed by atoms with Crippen LogP contribution in [-0.4, -0.2) is 9.13 Å². The summed E-state index contributed by atoms with van der Waals surface area (Å²) in [5, 5.41) is 4.99. The molecule has 0 atom stereocenters. The zero-order chi connectivity index (χ0) is 33.0. The van der Waals surface area contributed by atoms with Gasteiger partial charge in [0.25, 0.3) is 0 Å². The van der Waals surface area contributed by atoms with Gasteiger partial charge in [0.2, 0.25) is 0 Å². The van der Waals surface area contributed by atoms with Crippen molar-refractivity contribution >= 4 is 43.6 Å². The Labute approximate surface area is 290 Å². The smallest absolute Gasteiger partial charge is 0.0619 e. The molecule has 0 N–H and O–H groups in total. The molecular formula is C48H32N2. The Morgan fingerprint density at radius 3 is 1.42 bits per heavy atom. The highest BCUT2D eigenvalue weighted by molar-refractivity contribution is 6.16. The van der Waals surface area contributed by atoms with Crippen LogP contribution >= 0.6 is 0 Å². The molecular weight excluding hydrogens is 605 g/mol. The molecule has 0 unspecified atom stereocenters. The first-order valence-electron chi connectivity index (χ1n) is 17.2. The molecule has 0 saturated heterocycles. The zero-order valence-electron chi connectivity index (χ0n) is 27.4. The van der Waals surface area contributed by atoms with Gasteiger partial charge in [-0.1, -0.05) is 164 Å². The molecule has 2 heteroatoms. The van der Waals surface area contributed by atoms with Crippen LogP contribution < -0.4 is 0 Å². The van der Waals surface area contributed by atoms with Crippen LogP contribution in [-0.2, 0) is 0 Å². The van der Waals surface area contributed by atoms with E-state index in [1.165, 1.54) is 82.7 Å². The van der Waals surface area contributed by atoms with E-state index >= 15 is 0 Å². The third kappa shape index (κ3) is 4.36. The Morgan fingerprint density at radius 2 is 0.760 bits per heavy atom. The Balaban J connectivity index is 1.33. The molecule has 10 aromatic rings. The van der Waals surface area contributed by atoms with Gasteiger partial charge in [-0.05, 0) is 47.0 Å². The van der Waals surface area contributed by atoms with Crippen LogP contribution in [0.2, 0.25) is 0 Å². The van der Waals surface area contributed by atoms with Crippen LogP contribution in [0, 0.1) is 0 Å². The molecule has 2 aromatic heterocycles. The quantitative estimate of drug-likeness (QED) is 0.178. The highest BCUT2D eigenvalue weighted by Crippen LogP contribution is 2.44. The molecule has 0 aliphatic heterocycles. The number of fused-ring (bicyclic) bond motifs is 6. The molecule has 50 heavy (non-hydrogen) atoms. The first kappa shape index (κ1) is 28.4. The van der Waals surface area contributed by atoms with Gasteiger partial charge in [0.1, 0.15) is 0 Å². The summed E-state index contributed by atoms with van der Waals surface area (Å²) in [6, 6.07) is 70.4. The van der Waals surface area contributed by atoms with Gasteiger partial charge in [-0.2, -0.15) is 0 Å². The maximum Gasteiger partial charge on any atom is 0.0619 e. The van der Waals surface area contributed by atoms with Crippen molar-refractivity contribution in [3.05, 3.63) is 194 Å². The van der Waals surface area contributed by atoms with Crippen molar-refractivity contribution in [2.75, 3.05) is 0 Å². The second-order valence-electron chi connectivity index (χ2n) is 12.9. The monoisotopic (exact) mass is 636 g/mol. The summed E-state index contributed by atoms with van der Waals surface area (Å²) in [5.74, 6) is 0. The van der Waals surface area contributed by atoms with Crippen molar-refractivity contribution in [1.29, 1.82) is 0 Å². The molecule has 0 spiro atoms.